The van der Waals surface area contributed by atoms with Gasteiger partial charge >= 0.3 is 0 Å². The molecule has 1 aliphatic heterocycles. The third-order valence-corrected chi connectivity index (χ3v) is 4.82. The van der Waals surface area contributed by atoms with Crippen LogP contribution < -0.4 is 5.73 Å². The number of rotatable bonds is 7. The molecular weight excluding hydrogens is 310 g/mol. The van der Waals surface area contributed by atoms with Gasteiger partial charge in [-0.25, -0.2) is 0 Å². The molecule has 1 saturated heterocycles. The first kappa shape index (κ1) is 17.6. The second kappa shape index (κ2) is 8.79. The van der Waals surface area contributed by atoms with Gasteiger partial charge in [0, 0.05) is 32.7 Å². The summed E-state index contributed by atoms with van der Waals surface area (Å²) in [6.45, 7) is 5.16. The minimum Gasteiger partial charge on any atom is -0.369 e. The Labute approximate surface area is 150 Å². The summed E-state index contributed by atoms with van der Waals surface area (Å²) in [6.07, 6.45) is 2.16. The average molecular weight is 337 g/mol. The van der Waals surface area contributed by atoms with E-state index >= 15 is 0 Å². The van der Waals surface area contributed by atoms with Crippen molar-refractivity contribution in [3.63, 3.8) is 0 Å². The maximum absolute atomic E-state index is 11.0. The zero-order chi connectivity index (χ0) is 17.5. The van der Waals surface area contributed by atoms with Crippen molar-refractivity contribution in [2.75, 3.05) is 32.7 Å². The summed E-state index contributed by atoms with van der Waals surface area (Å²) in [4.78, 5) is 15.6. The first-order valence-corrected chi connectivity index (χ1v) is 9.04. The summed E-state index contributed by atoms with van der Waals surface area (Å²) in [7, 11) is 0. The van der Waals surface area contributed by atoms with E-state index in [2.05, 4.69) is 64.4 Å². The molecule has 0 atom stereocenters. The molecule has 1 amide bonds. The van der Waals surface area contributed by atoms with Crippen LogP contribution in [0.2, 0.25) is 0 Å². The molecule has 0 unspecified atom stereocenters. The van der Waals surface area contributed by atoms with Crippen LogP contribution in [0.4, 0.5) is 0 Å². The lowest BCUT2D eigenvalue weighted by Gasteiger charge is -2.34. The second-order valence-corrected chi connectivity index (χ2v) is 6.82. The number of nitrogens with zero attached hydrogens (tertiary/aromatic N) is 2. The fourth-order valence-corrected chi connectivity index (χ4v) is 3.33. The molecule has 3 rings (SSSR count). The molecule has 1 fully saturated rings. The lowest BCUT2D eigenvalue weighted by molar-refractivity contribution is -0.119. The van der Waals surface area contributed by atoms with Crippen molar-refractivity contribution in [1.29, 1.82) is 0 Å². The predicted molar refractivity (Wildman–Crippen MR) is 101 cm³/mol. The SMILES string of the molecule is NC(=O)CN1CCN(Cc2ccc(CCc3ccccc3)cc2)CC1. The Kier molecular flexibility index (Phi) is 6.20. The van der Waals surface area contributed by atoms with Crippen LogP contribution in [0.1, 0.15) is 16.7 Å². The average Bonchev–Trinajstić information content (AvgIpc) is 2.63. The molecule has 2 aromatic rings. The predicted octanol–water partition coefficient (Wildman–Crippen LogP) is 2.07. The summed E-state index contributed by atoms with van der Waals surface area (Å²) in [5.74, 6) is -0.237. The minimum atomic E-state index is -0.237. The Morgan fingerprint density at radius 2 is 1.28 bits per heavy atom. The second-order valence-electron chi connectivity index (χ2n) is 6.82. The van der Waals surface area contributed by atoms with Gasteiger partial charge in [0.15, 0.2) is 0 Å². The zero-order valence-corrected chi connectivity index (χ0v) is 14.7. The number of piperazine rings is 1. The van der Waals surface area contributed by atoms with Gasteiger partial charge < -0.3 is 5.73 Å². The zero-order valence-electron chi connectivity index (χ0n) is 14.7. The monoisotopic (exact) mass is 337 g/mol. The van der Waals surface area contributed by atoms with Gasteiger partial charge in [-0.15, -0.1) is 0 Å². The maximum Gasteiger partial charge on any atom is 0.231 e. The summed E-state index contributed by atoms with van der Waals surface area (Å²) < 4.78 is 0. The van der Waals surface area contributed by atoms with E-state index in [0.717, 1.165) is 45.6 Å². The van der Waals surface area contributed by atoms with Crippen molar-refractivity contribution in [1.82, 2.24) is 9.80 Å². The number of amides is 1. The van der Waals surface area contributed by atoms with E-state index in [-0.39, 0.29) is 5.91 Å². The van der Waals surface area contributed by atoms with Crippen molar-refractivity contribution in [3.05, 3.63) is 71.3 Å². The third-order valence-electron chi connectivity index (χ3n) is 4.82. The third kappa shape index (κ3) is 5.69. The number of aryl methyl sites for hydroxylation is 2. The van der Waals surface area contributed by atoms with E-state index in [1.165, 1.54) is 16.7 Å². The number of benzene rings is 2. The van der Waals surface area contributed by atoms with Crippen molar-refractivity contribution in [2.45, 2.75) is 19.4 Å². The highest BCUT2D eigenvalue weighted by atomic mass is 16.1. The van der Waals surface area contributed by atoms with Crippen LogP contribution in [0.15, 0.2) is 54.6 Å². The van der Waals surface area contributed by atoms with Crippen LogP contribution in [-0.2, 0) is 24.2 Å². The van der Waals surface area contributed by atoms with Gasteiger partial charge in [-0.1, -0.05) is 54.6 Å². The van der Waals surface area contributed by atoms with Crippen LogP contribution in [0, 0.1) is 0 Å². The van der Waals surface area contributed by atoms with Crippen LogP contribution in [0.25, 0.3) is 0 Å². The molecule has 1 aliphatic rings. The van der Waals surface area contributed by atoms with Crippen molar-refractivity contribution in [3.8, 4) is 0 Å². The largest absolute Gasteiger partial charge is 0.369 e. The molecule has 0 saturated carbocycles. The van der Waals surface area contributed by atoms with Gasteiger partial charge in [0.1, 0.15) is 0 Å². The summed E-state index contributed by atoms with van der Waals surface area (Å²) >= 11 is 0. The van der Waals surface area contributed by atoms with E-state index in [9.17, 15) is 4.79 Å². The Morgan fingerprint density at radius 3 is 1.88 bits per heavy atom. The van der Waals surface area contributed by atoms with Crippen LogP contribution in [0.5, 0.6) is 0 Å². The van der Waals surface area contributed by atoms with E-state index in [4.69, 9.17) is 5.73 Å². The number of carbonyl (C=O) groups is 1. The highest BCUT2D eigenvalue weighted by molar-refractivity contribution is 5.75. The molecule has 0 radical (unpaired) electrons. The lowest BCUT2D eigenvalue weighted by atomic mass is 10.0. The molecule has 2 aromatic carbocycles. The van der Waals surface area contributed by atoms with E-state index in [0.29, 0.717) is 6.54 Å². The fourth-order valence-electron chi connectivity index (χ4n) is 3.33. The Hall–Kier alpha value is -2.17. The fraction of sp³-hybridized carbons (Fsp3) is 0.381. The molecule has 4 heteroatoms. The summed E-state index contributed by atoms with van der Waals surface area (Å²) in [6, 6.07) is 19.6. The molecule has 1 heterocycles. The number of hydrogen-bond donors (Lipinski definition) is 1. The van der Waals surface area contributed by atoms with Gasteiger partial charge in [-0.2, -0.15) is 0 Å². The van der Waals surface area contributed by atoms with E-state index in [1.807, 2.05) is 0 Å². The Morgan fingerprint density at radius 1 is 0.760 bits per heavy atom. The van der Waals surface area contributed by atoms with Crippen LogP contribution in [-0.4, -0.2) is 48.4 Å². The highest BCUT2D eigenvalue weighted by Crippen LogP contribution is 2.12. The smallest absolute Gasteiger partial charge is 0.231 e. The van der Waals surface area contributed by atoms with Crippen molar-refractivity contribution in [2.24, 2.45) is 5.73 Å². The molecule has 0 bridgehead atoms. The highest BCUT2D eigenvalue weighted by Gasteiger charge is 2.17. The summed E-state index contributed by atoms with van der Waals surface area (Å²) in [5.41, 5.74) is 9.39. The lowest BCUT2D eigenvalue weighted by Crippen LogP contribution is -2.48. The van der Waals surface area contributed by atoms with Crippen LogP contribution in [0.3, 0.4) is 0 Å². The Balaban J connectivity index is 1.44. The quantitative estimate of drug-likeness (QED) is 0.841. The maximum atomic E-state index is 11.0. The topological polar surface area (TPSA) is 49.6 Å². The number of primary amides is 1. The first-order chi connectivity index (χ1) is 12.2. The van der Waals surface area contributed by atoms with Gasteiger partial charge in [0.05, 0.1) is 6.54 Å². The van der Waals surface area contributed by atoms with Crippen molar-refractivity contribution >= 4 is 5.91 Å². The van der Waals surface area contributed by atoms with Crippen molar-refractivity contribution < 1.29 is 4.79 Å². The molecule has 25 heavy (non-hydrogen) atoms. The van der Waals surface area contributed by atoms with Gasteiger partial charge in [0.25, 0.3) is 0 Å². The minimum absolute atomic E-state index is 0.237. The van der Waals surface area contributed by atoms with Crippen LogP contribution >= 0.6 is 0 Å². The molecule has 132 valence electrons. The van der Waals surface area contributed by atoms with E-state index in [1.54, 1.807) is 0 Å². The Bertz CT molecular complexity index is 661. The van der Waals surface area contributed by atoms with Gasteiger partial charge in [-0.3, -0.25) is 14.6 Å². The molecule has 2 N–H and O–H groups in total. The van der Waals surface area contributed by atoms with Gasteiger partial charge in [-0.05, 0) is 29.5 Å². The van der Waals surface area contributed by atoms with Gasteiger partial charge in [0.2, 0.25) is 5.91 Å². The molecule has 4 nitrogen and oxygen atoms in total. The number of hydrogen-bond acceptors (Lipinski definition) is 3. The number of nitrogens with two attached hydrogens (primary N) is 1. The number of carbonyl (C=O) groups excluding carboxylic acids is 1. The molecule has 0 aromatic heterocycles. The molecular formula is C21H27N3O. The standard InChI is InChI=1S/C21H27N3O/c22-21(25)17-24-14-12-23(13-15-24)16-20-10-8-19(9-11-20)7-6-18-4-2-1-3-5-18/h1-5,8-11H,6-7,12-17H2,(H2,22,25). The molecule has 0 spiro atoms. The van der Waals surface area contributed by atoms with E-state index < -0.39 is 0 Å². The molecule has 0 aliphatic carbocycles. The normalized spacial score (nSPS) is 16.0. The summed E-state index contributed by atoms with van der Waals surface area (Å²) in [5, 5.41) is 0. The first-order valence-electron chi connectivity index (χ1n) is 9.04.